The molecule has 0 spiro atoms. The SMILES string of the molecule is Cc1cnc(NCC(=O)NC(C)C)cc1N. The van der Waals surface area contributed by atoms with E-state index in [-0.39, 0.29) is 18.5 Å². The van der Waals surface area contributed by atoms with Crippen molar-refractivity contribution in [1.82, 2.24) is 10.3 Å². The molecule has 16 heavy (non-hydrogen) atoms. The van der Waals surface area contributed by atoms with Crippen LogP contribution in [0.2, 0.25) is 0 Å². The quantitative estimate of drug-likeness (QED) is 0.707. The number of carbonyl (C=O) groups is 1. The topological polar surface area (TPSA) is 80.0 Å². The number of nitrogens with zero attached hydrogens (tertiary/aromatic N) is 1. The van der Waals surface area contributed by atoms with Gasteiger partial charge < -0.3 is 16.4 Å². The summed E-state index contributed by atoms with van der Waals surface area (Å²) in [4.78, 5) is 15.5. The standard InChI is InChI=1S/C11H18N4O/c1-7(2)15-11(16)6-14-10-4-9(12)8(3)5-13-10/h4-5,7H,6H2,1-3H3,(H,15,16)(H3,12,13,14). The van der Waals surface area contributed by atoms with Crippen LogP contribution in [-0.2, 0) is 4.79 Å². The number of carbonyl (C=O) groups excluding carboxylic acids is 1. The fourth-order valence-corrected chi connectivity index (χ4v) is 1.18. The first-order chi connectivity index (χ1) is 7.49. The third-order valence-electron chi connectivity index (χ3n) is 2.02. The second-order valence-electron chi connectivity index (χ2n) is 4.00. The summed E-state index contributed by atoms with van der Waals surface area (Å²) >= 11 is 0. The molecule has 1 amide bonds. The van der Waals surface area contributed by atoms with Gasteiger partial charge in [-0.05, 0) is 26.3 Å². The van der Waals surface area contributed by atoms with Crippen molar-refractivity contribution >= 4 is 17.4 Å². The van der Waals surface area contributed by atoms with E-state index in [1.807, 2.05) is 20.8 Å². The van der Waals surface area contributed by atoms with Crippen molar-refractivity contribution in [2.45, 2.75) is 26.8 Å². The van der Waals surface area contributed by atoms with Gasteiger partial charge in [-0.2, -0.15) is 0 Å². The van der Waals surface area contributed by atoms with E-state index >= 15 is 0 Å². The minimum atomic E-state index is -0.0593. The highest BCUT2D eigenvalue weighted by atomic mass is 16.1. The first-order valence-corrected chi connectivity index (χ1v) is 5.24. The maximum absolute atomic E-state index is 11.3. The molecule has 0 aliphatic carbocycles. The van der Waals surface area contributed by atoms with E-state index in [1.54, 1.807) is 12.3 Å². The molecule has 4 N–H and O–H groups in total. The molecule has 0 radical (unpaired) electrons. The molecular weight excluding hydrogens is 204 g/mol. The number of hydrogen-bond acceptors (Lipinski definition) is 4. The van der Waals surface area contributed by atoms with Gasteiger partial charge in [0.25, 0.3) is 0 Å². The molecule has 0 aliphatic heterocycles. The van der Waals surface area contributed by atoms with Gasteiger partial charge >= 0.3 is 0 Å². The Hall–Kier alpha value is -1.78. The van der Waals surface area contributed by atoms with Crippen LogP contribution in [-0.4, -0.2) is 23.5 Å². The molecule has 5 nitrogen and oxygen atoms in total. The van der Waals surface area contributed by atoms with Crippen LogP contribution < -0.4 is 16.4 Å². The minimum Gasteiger partial charge on any atom is -0.398 e. The molecule has 0 aliphatic rings. The lowest BCUT2D eigenvalue weighted by Gasteiger charge is -2.10. The molecule has 0 atom stereocenters. The largest absolute Gasteiger partial charge is 0.398 e. The lowest BCUT2D eigenvalue weighted by molar-refractivity contribution is -0.119. The molecule has 0 bridgehead atoms. The van der Waals surface area contributed by atoms with Crippen LogP contribution in [0.15, 0.2) is 12.3 Å². The van der Waals surface area contributed by atoms with E-state index in [0.29, 0.717) is 11.5 Å². The van der Waals surface area contributed by atoms with E-state index < -0.39 is 0 Å². The Morgan fingerprint density at radius 2 is 2.25 bits per heavy atom. The van der Waals surface area contributed by atoms with Crippen molar-refractivity contribution < 1.29 is 4.79 Å². The number of nitrogens with one attached hydrogen (secondary N) is 2. The van der Waals surface area contributed by atoms with Gasteiger partial charge in [-0.15, -0.1) is 0 Å². The normalized spacial score (nSPS) is 10.2. The molecule has 0 saturated carbocycles. The Kier molecular flexibility index (Phi) is 4.10. The van der Waals surface area contributed by atoms with Gasteiger partial charge in [0.05, 0.1) is 6.54 Å². The zero-order valence-electron chi connectivity index (χ0n) is 9.87. The molecule has 1 aromatic rings. The van der Waals surface area contributed by atoms with E-state index in [0.717, 1.165) is 5.56 Å². The zero-order valence-corrected chi connectivity index (χ0v) is 9.87. The van der Waals surface area contributed by atoms with Crippen LogP contribution in [0.25, 0.3) is 0 Å². The Balaban J connectivity index is 2.48. The number of pyridine rings is 1. The van der Waals surface area contributed by atoms with E-state index in [4.69, 9.17) is 5.73 Å². The average molecular weight is 222 g/mol. The first-order valence-electron chi connectivity index (χ1n) is 5.24. The van der Waals surface area contributed by atoms with E-state index in [9.17, 15) is 4.79 Å². The Bertz CT molecular complexity index is 376. The van der Waals surface area contributed by atoms with E-state index in [2.05, 4.69) is 15.6 Å². The van der Waals surface area contributed by atoms with Gasteiger partial charge in [-0.1, -0.05) is 0 Å². The van der Waals surface area contributed by atoms with Crippen LogP contribution in [0.4, 0.5) is 11.5 Å². The van der Waals surface area contributed by atoms with Crippen LogP contribution in [0, 0.1) is 6.92 Å². The maximum atomic E-state index is 11.3. The molecular formula is C11H18N4O. The van der Waals surface area contributed by atoms with Crippen LogP contribution in [0.5, 0.6) is 0 Å². The predicted molar refractivity (Wildman–Crippen MR) is 65.2 cm³/mol. The molecule has 1 aromatic heterocycles. The third-order valence-corrected chi connectivity index (χ3v) is 2.02. The van der Waals surface area contributed by atoms with Crippen molar-refractivity contribution in [3.8, 4) is 0 Å². The fourth-order valence-electron chi connectivity index (χ4n) is 1.18. The number of hydrogen-bond donors (Lipinski definition) is 3. The summed E-state index contributed by atoms with van der Waals surface area (Å²) in [7, 11) is 0. The van der Waals surface area contributed by atoms with Crippen molar-refractivity contribution in [2.75, 3.05) is 17.6 Å². The Labute approximate surface area is 95.4 Å². The molecule has 0 saturated heterocycles. The summed E-state index contributed by atoms with van der Waals surface area (Å²) < 4.78 is 0. The van der Waals surface area contributed by atoms with Crippen molar-refractivity contribution in [2.24, 2.45) is 0 Å². The van der Waals surface area contributed by atoms with Crippen molar-refractivity contribution in [3.05, 3.63) is 17.8 Å². The fraction of sp³-hybridized carbons (Fsp3) is 0.455. The van der Waals surface area contributed by atoms with Gasteiger partial charge in [0.15, 0.2) is 0 Å². The summed E-state index contributed by atoms with van der Waals surface area (Å²) in [6.07, 6.45) is 1.68. The zero-order chi connectivity index (χ0) is 12.1. The highest BCUT2D eigenvalue weighted by Crippen LogP contribution is 2.12. The summed E-state index contributed by atoms with van der Waals surface area (Å²) in [6.45, 7) is 5.92. The number of amides is 1. The molecule has 1 heterocycles. The van der Waals surface area contributed by atoms with Crippen molar-refractivity contribution in [3.63, 3.8) is 0 Å². The molecule has 88 valence electrons. The number of rotatable bonds is 4. The minimum absolute atomic E-state index is 0.0593. The van der Waals surface area contributed by atoms with Crippen LogP contribution >= 0.6 is 0 Å². The smallest absolute Gasteiger partial charge is 0.239 e. The van der Waals surface area contributed by atoms with Gasteiger partial charge in [0.2, 0.25) is 5.91 Å². The lowest BCUT2D eigenvalue weighted by Crippen LogP contribution is -2.34. The molecule has 0 aromatic carbocycles. The van der Waals surface area contributed by atoms with Gasteiger partial charge in [-0.3, -0.25) is 4.79 Å². The summed E-state index contributed by atoms with van der Waals surface area (Å²) in [5.41, 5.74) is 7.32. The highest BCUT2D eigenvalue weighted by Gasteiger charge is 2.03. The molecule has 0 fully saturated rings. The Morgan fingerprint density at radius 3 is 2.81 bits per heavy atom. The number of anilines is 2. The lowest BCUT2D eigenvalue weighted by atomic mass is 10.2. The van der Waals surface area contributed by atoms with E-state index in [1.165, 1.54) is 0 Å². The van der Waals surface area contributed by atoms with Crippen LogP contribution in [0.1, 0.15) is 19.4 Å². The van der Waals surface area contributed by atoms with Crippen molar-refractivity contribution in [1.29, 1.82) is 0 Å². The monoisotopic (exact) mass is 222 g/mol. The molecule has 1 rings (SSSR count). The summed E-state index contributed by atoms with van der Waals surface area (Å²) in [5.74, 6) is 0.554. The Morgan fingerprint density at radius 1 is 1.56 bits per heavy atom. The first kappa shape index (κ1) is 12.3. The highest BCUT2D eigenvalue weighted by molar-refractivity contribution is 5.80. The second-order valence-corrected chi connectivity index (χ2v) is 4.00. The average Bonchev–Trinajstić information content (AvgIpc) is 2.19. The molecule has 5 heteroatoms. The van der Waals surface area contributed by atoms with Gasteiger partial charge in [0, 0.05) is 24.0 Å². The second kappa shape index (κ2) is 5.34. The number of nitrogens with two attached hydrogens (primary N) is 1. The summed E-state index contributed by atoms with van der Waals surface area (Å²) in [6, 6.07) is 1.86. The maximum Gasteiger partial charge on any atom is 0.239 e. The number of aryl methyl sites for hydroxylation is 1. The molecule has 0 unspecified atom stereocenters. The number of aromatic nitrogens is 1. The summed E-state index contributed by atoms with van der Waals surface area (Å²) in [5, 5.41) is 5.69. The third kappa shape index (κ3) is 3.76. The van der Waals surface area contributed by atoms with Gasteiger partial charge in [-0.25, -0.2) is 4.98 Å². The van der Waals surface area contributed by atoms with Crippen LogP contribution in [0.3, 0.4) is 0 Å². The number of nitrogen functional groups attached to an aromatic ring is 1. The van der Waals surface area contributed by atoms with Gasteiger partial charge in [0.1, 0.15) is 5.82 Å². The predicted octanol–water partition coefficient (Wildman–Crippen LogP) is 0.909.